The predicted molar refractivity (Wildman–Crippen MR) is 110 cm³/mol. The lowest BCUT2D eigenvalue weighted by atomic mass is 10.2. The first-order valence-electron chi connectivity index (χ1n) is 8.90. The maximum atomic E-state index is 12.9. The second-order valence-corrected chi connectivity index (χ2v) is 10.0. The molecule has 150 valence electrons. The minimum absolute atomic E-state index is 0.0804. The molecule has 28 heavy (non-hydrogen) atoms. The van der Waals surface area contributed by atoms with Crippen LogP contribution in [0, 0.1) is 13.8 Å². The van der Waals surface area contributed by atoms with E-state index in [1.807, 2.05) is 24.4 Å². The number of aryl methyl sites for hydroxylation is 2. The Morgan fingerprint density at radius 1 is 1.32 bits per heavy atom. The SMILES string of the molecule is Cc1cn2c(CN(C)C(=O)c3cccc(S(=O)(=O)NC(C)C)c3)c(C)nc2s1. The number of carbonyl (C=O) groups is 1. The Kier molecular flexibility index (Phi) is 5.60. The minimum Gasteiger partial charge on any atom is -0.336 e. The highest BCUT2D eigenvalue weighted by Gasteiger charge is 2.20. The summed E-state index contributed by atoms with van der Waals surface area (Å²) in [4.78, 5) is 21.2. The molecule has 0 saturated heterocycles. The van der Waals surface area contributed by atoms with Crippen LogP contribution < -0.4 is 4.72 Å². The van der Waals surface area contributed by atoms with Gasteiger partial charge < -0.3 is 4.90 Å². The molecule has 0 aliphatic heterocycles. The molecule has 0 spiro atoms. The van der Waals surface area contributed by atoms with Crippen molar-refractivity contribution in [2.24, 2.45) is 0 Å². The molecular formula is C19H24N4O3S2. The molecule has 1 N–H and O–H groups in total. The lowest BCUT2D eigenvalue weighted by Gasteiger charge is -2.18. The molecule has 3 rings (SSSR count). The summed E-state index contributed by atoms with van der Waals surface area (Å²) in [6.45, 7) is 7.82. The van der Waals surface area contributed by atoms with Crippen molar-refractivity contribution in [3.8, 4) is 0 Å². The lowest BCUT2D eigenvalue weighted by molar-refractivity contribution is 0.0782. The Balaban J connectivity index is 1.85. The van der Waals surface area contributed by atoms with Gasteiger partial charge in [-0.05, 0) is 45.9 Å². The Hall–Kier alpha value is -2.23. The lowest BCUT2D eigenvalue weighted by Crippen LogP contribution is -2.31. The van der Waals surface area contributed by atoms with Gasteiger partial charge in [0.15, 0.2) is 4.96 Å². The summed E-state index contributed by atoms with van der Waals surface area (Å²) in [7, 11) is -1.96. The van der Waals surface area contributed by atoms with E-state index in [4.69, 9.17) is 0 Å². The van der Waals surface area contributed by atoms with Gasteiger partial charge in [0.05, 0.1) is 22.8 Å². The molecule has 7 nitrogen and oxygen atoms in total. The zero-order valence-electron chi connectivity index (χ0n) is 16.6. The molecule has 0 saturated carbocycles. The molecule has 0 aliphatic rings. The number of benzene rings is 1. The third-order valence-corrected chi connectivity index (χ3v) is 6.81. The van der Waals surface area contributed by atoms with Gasteiger partial charge in [0.1, 0.15) is 0 Å². The monoisotopic (exact) mass is 420 g/mol. The van der Waals surface area contributed by atoms with Crippen molar-refractivity contribution >= 4 is 32.2 Å². The summed E-state index contributed by atoms with van der Waals surface area (Å²) < 4.78 is 29.3. The van der Waals surface area contributed by atoms with Crippen LogP contribution in [0.5, 0.6) is 0 Å². The van der Waals surface area contributed by atoms with Crippen LogP contribution in [0.25, 0.3) is 4.96 Å². The molecule has 2 aromatic heterocycles. The van der Waals surface area contributed by atoms with Crippen molar-refractivity contribution in [3.05, 3.63) is 52.3 Å². The Morgan fingerprint density at radius 2 is 2.04 bits per heavy atom. The van der Waals surface area contributed by atoms with Gasteiger partial charge in [-0.15, -0.1) is 11.3 Å². The van der Waals surface area contributed by atoms with Gasteiger partial charge in [-0.25, -0.2) is 18.1 Å². The summed E-state index contributed by atoms with van der Waals surface area (Å²) in [6.07, 6.45) is 2.01. The second kappa shape index (κ2) is 7.65. The normalized spacial score (nSPS) is 12.1. The van der Waals surface area contributed by atoms with Gasteiger partial charge in [0.25, 0.3) is 5.91 Å². The van der Waals surface area contributed by atoms with Crippen LogP contribution in [0.15, 0.2) is 35.4 Å². The summed E-state index contributed by atoms with van der Waals surface area (Å²) in [5, 5.41) is 0. The number of nitrogens with zero attached hydrogens (tertiary/aromatic N) is 3. The molecule has 0 fully saturated rings. The average Bonchev–Trinajstić information content (AvgIpc) is 3.09. The topological polar surface area (TPSA) is 83.8 Å². The van der Waals surface area contributed by atoms with Gasteiger partial charge in [0.2, 0.25) is 10.0 Å². The van der Waals surface area contributed by atoms with Crippen molar-refractivity contribution in [3.63, 3.8) is 0 Å². The number of sulfonamides is 1. The number of imidazole rings is 1. The first-order chi connectivity index (χ1) is 13.1. The van der Waals surface area contributed by atoms with Crippen molar-refractivity contribution in [1.82, 2.24) is 19.0 Å². The highest BCUT2D eigenvalue weighted by Crippen LogP contribution is 2.22. The fourth-order valence-corrected chi connectivity index (χ4v) is 5.18. The fourth-order valence-electron chi connectivity index (χ4n) is 2.99. The molecule has 2 heterocycles. The number of rotatable bonds is 6. The van der Waals surface area contributed by atoms with Gasteiger partial charge in [-0.2, -0.15) is 0 Å². The van der Waals surface area contributed by atoms with E-state index in [2.05, 4.69) is 9.71 Å². The minimum atomic E-state index is -3.66. The van der Waals surface area contributed by atoms with E-state index in [-0.39, 0.29) is 16.8 Å². The number of amides is 1. The van der Waals surface area contributed by atoms with Gasteiger partial charge >= 0.3 is 0 Å². The van der Waals surface area contributed by atoms with Crippen LogP contribution >= 0.6 is 11.3 Å². The Morgan fingerprint density at radius 3 is 2.71 bits per heavy atom. The number of fused-ring (bicyclic) bond motifs is 1. The number of hydrogen-bond donors (Lipinski definition) is 1. The first kappa shape index (κ1) is 20.5. The molecule has 0 radical (unpaired) electrons. The number of hydrogen-bond acceptors (Lipinski definition) is 5. The smallest absolute Gasteiger partial charge is 0.253 e. The first-order valence-corrected chi connectivity index (χ1v) is 11.2. The van der Waals surface area contributed by atoms with Gasteiger partial charge in [0, 0.05) is 29.7 Å². The number of nitrogens with one attached hydrogen (secondary N) is 1. The summed E-state index contributed by atoms with van der Waals surface area (Å²) in [5.41, 5.74) is 2.15. The molecule has 1 amide bonds. The number of thiazole rings is 1. The van der Waals surface area contributed by atoms with E-state index in [9.17, 15) is 13.2 Å². The maximum Gasteiger partial charge on any atom is 0.253 e. The van der Waals surface area contributed by atoms with Crippen LogP contribution in [0.4, 0.5) is 0 Å². The molecule has 3 aromatic rings. The van der Waals surface area contributed by atoms with Crippen molar-refractivity contribution < 1.29 is 13.2 Å². The van der Waals surface area contributed by atoms with Crippen LogP contribution in [0.3, 0.4) is 0 Å². The van der Waals surface area contributed by atoms with Gasteiger partial charge in [-0.3, -0.25) is 9.20 Å². The van der Waals surface area contributed by atoms with Crippen LogP contribution in [0.2, 0.25) is 0 Å². The Labute approximate surface area is 169 Å². The van der Waals surface area contributed by atoms with E-state index >= 15 is 0 Å². The van der Waals surface area contributed by atoms with Crippen LogP contribution in [-0.4, -0.2) is 41.7 Å². The summed E-state index contributed by atoms with van der Waals surface area (Å²) in [6, 6.07) is 5.88. The molecular weight excluding hydrogens is 396 g/mol. The van der Waals surface area contributed by atoms with Crippen molar-refractivity contribution in [2.75, 3.05) is 7.05 Å². The molecule has 1 aromatic carbocycles. The predicted octanol–water partition coefficient (Wildman–Crippen LogP) is 2.97. The average molecular weight is 421 g/mol. The number of aromatic nitrogens is 2. The number of carbonyl (C=O) groups excluding carboxylic acids is 1. The summed E-state index contributed by atoms with van der Waals surface area (Å²) in [5.74, 6) is -0.247. The van der Waals surface area contributed by atoms with E-state index < -0.39 is 10.0 Å². The molecule has 0 unspecified atom stereocenters. The third kappa shape index (κ3) is 4.11. The highest BCUT2D eigenvalue weighted by molar-refractivity contribution is 7.89. The van der Waals surface area contributed by atoms with Crippen LogP contribution in [-0.2, 0) is 16.6 Å². The third-order valence-electron chi connectivity index (χ3n) is 4.26. The standard InChI is InChI=1S/C19H24N4O3S2/c1-12(2)21-28(25,26)16-8-6-7-15(9-16)18(24)22(5)11-17-14(4)20-19-23(17)10-13(3)27-19/h6-10,12,21H,11H2,1-5H3. The van der Waals surface area contributed by atoms with Crippen LogP contribution in [0.1, 0.15) is 40.5 Å². The second-order valence-electron chi connectivity index (χ2n) is 7.10. The largest absolute Gasteiger partial charge is 0.336 e. The molecule has 0 bridgehead atoms. The highest BCUT2D eigenvalue weighted by atomic mass is 32.2. The van der Waals surface area contributed by atoms with E-state index in [1.54, 1.807) is 49.3 Å². The molecule has 0 aliphatic carbocycles. The van der Waals surface area contributed by atoms with Gasteiger partial charge in [-0.1, -0.05) is 6.07 Å². The maximum absolute atomic E-state index is 12.9. The van der Waals surface area contributed by atoms with Crippen molar-refractivity contribution in [2.45, 2.75) is 45.2 Å². The van der Waals surface area contributed by atoms with E-state index in [0.717, 1.165) is 21.2 Å². The molecule has 0 atom stereocenters. The zero-order chi connectivity index (χ0) is 20.6. The Bertz CT molecular complexity index is 1130. The van der Waals surface area contributed by atoms with Crippen molar-refractivity contribution in [1.29, 1.82) is 0 Å². The zero-order valence-corrected chi connectivity index (χ0v) is 18.2. The quantitative estimate of drug-likeness (QED) is 0.664. The fraction of sp³-hybridized carbons (Fsp3) is 0.368. The van der Waals surface area contributed by atoms with E-state index in [0.29, 0.717) is 12.1 Å². The molecule has 9 heteroatoms. The van der Waals surface area contributed by atoms with E-state index in [1.165, 1.54) is 12.1 Å². The summed E-state index contributed by atoms with van der Waals surface area (Å²) >= 11 is 1.60.